The minimum absolute atomic E-state index is 0.0386. The molecule has 0 spiro atoms. The second-order valence-corrected chi connectivity index (χ2v) is 33.2. The molecule has 4 aliphatic rings. The molecule has 8 N–H and O–H groups in total. The Morgan fingerprint density at radius 2 is 0.942 bits per heavy atom. The zero-order valence-electron chi connectivity index (χ0n) is 64.8. The van der Waals surface area contributed by atoms with Crippen molar-refractivity contribution in [3.63, 3.8) is 0 Å². The number of rotatable bonds is 14. The molecule has 3 amide bonds. The number of carbonyl (C=O) groups is 9. The van der Waals surface area contributed by atoms with E-state index in [1.165, 1.54) is 37.9 Å². The number of nitrogens with one attached hydrogen (secondary N) is 4. The zero-order valence-corrected chi connectivity index (χ0v) is 72.4. The lowest BCUT2D eigenvalue weighted by Crippen LogP contribution is -2.40. The SMILES string of the molecule is CC(=O)Cn1ccc2cc(N)ccc21.CC(=O)Cn1ccc2cc(N3CCn4ccc(Cl)c4C3=O)ccc21.CC(=O)Cn1ccc2cc(NC(=O)c3[nH]ccc3Cl)ccc21.CC1=NCCC1.COC(=O)c1[nH]ccc1Cl.ClC(Cl)(Cl)C1=NCCC1(Cl)Cl.O=C(O)Cn1ccc2cc(N3CCn4ccc(Cl)c4C3=O)ccc21.O=C(O)c1[nH]ccc1Cl. The first-order valence-corrected chi connectivity index (χ1v) is 40.5. The average Bonchev–Trinajstić information content (AvgIpc) is 1.58. The fourth-order valence-electron chi connectivity index (χ4n) is 13.1. The maximum Gasteiger partial charge on any atom is 0.356 e. The number of carboxylic acids is 2. The maximum absolute atomic E-state index is 12.8. The number of aromatic carboxylic acids is 1. The molecule has 0 aliphatic carbocycles. The van der Waals surface area contributed by atoms with Crippen LogP contribution < -0.4 is 20.9 Å². The predicted octanol–water partition coefficient (Wildman–Crippen LogP) is 18.9. The number of alkyl halides is 5. The molecule has 4 aromatic carbocycles. The van der Waals surface area contributed by atoms with Crippen molar-refractivity contribution in [3.8, 4) is 0 Å². The summed E-state index contributed by atoms with van der Waals surface area (Å²) in [6.45, 7) is 12.0. The number of benzene rings is 4. The third kappa shape index (κ3) is 23.5. The van der Waals surface area contributed by atoms with Crippen LogP contribution >= 0.6 is 116 Å². The van der Waals surface area contributed by atoms with Crippen LogP contribution in [0.5, 0.6) is 0 Å². The lowest BCUT2D eigenvalue weighted by molar-refractivity contribution is -0.137. The predicted molar refractivity (Wildman–Crippen MR) is 477 cm³/mol. The molecule has 4 aliphatic heterocycles. The molecular formula is C83H79Cl10N15O12. The molecule has 37 heteroatoms. The van der Waals surface area contributed by atoms with Crippen LogP contribution in [0.25, 0.3) is 43.6 Å². The number of ketones is 3. The molecule has 27 nitrogen and oxygen atoms in total. The Kier molecular flexibility index (Phi) is 31.3. The van der Waals surface area contributed by atoms with Gasteiger partial charge >= 0.3 is 17.9 Å². The summed E-state index contributed by atoms with van der Waals surface area (Å²) < 4.78 is 12.9. The van der Waals surface area contributed by atoms with Gasteiger partial charge in [0.25, 0.3) is 17.7 Å². The molecule has 13 heterocycles. The largest absolute Gasteiger partial charge is 0.480 e. The third-order valence-electron chi connectivity index (χ3n) is 18.6. The fraction of sp³-hybridized carbons (Fsp3) is 0.241. The first-order chi connectivity index (χ1) is 57.0. The molecule has 0 saturated heterocycles. The number of nitrogens with zero attached hydrogens (tertiary/aromatic N) is 10. The number of hydrogen-bond acceptors (Lipinski definition) is 13. The van der Waals surface area contributed by atoms with Gasteiger partial charge in [-0.25, -0.2) is 9.59 Å². The first-order valence-electron chi connectivity index (χ1n) is 36.8. The quantitative estimate of drug-likeness (QED) is 0.0303. The topological polar surface area (TPSA) is 350 Å². The molecule has 0 fully saturated rings. The normalized spacial score (nSPS) is 13.6. The van der Waals surface area contributed by atoms with Crippen LogP contribution in [-0.4, -0.2) is 158 Å². The van der Waals surface area contributed by atoms with Crippen molar-refractivity contribution in [2.75, 3.05) is 54.1 Å². The minimum Gasteiger partial charge on any atom is -0.480 e. The van der Waals surface area contributed by atoms with Gasteiger partial charge in [-0.15, -0.1) is 0 Å². The number of carbonyl (C=O) groups excluding carboxylic acids is 7. The van der Waals surface area contributed by atoms with Crippen molar-refractivity contribution < 1.29 is 58.1 Å². The lowest BCUT2D eigenvalue weighted by Gasteiger charge is -2.28. The molecule has 628 valence electrons. The number of nitrogens with two attached hydrogens (primary N) is 1. The van der Waals surface area contributed by atoms with Crippen LogP contribution in [-0.2, 0) is 63.2 Å². The van der Waals surface area contributed by atoms with Gasteiger partial charge in [-0.3, -0.25) is 43.5 Å². The number of anilines is 4. The Morgan fingerprint density at radius 3 is 1.30 bits per heavy atom. The highest BCUT2D eigenvalue weighted by Gasteiger charge is 2.46. The monoisotopic (exact) mass is 1830 g/mol. The number of Topliss-reactive ketones (excluding diaryl/α,β-unsaturated/α-hetero) is 3. The van der Waals surface area contributed by atoms with Gasteiger partial charge < -0.3 is 78.2 Å². The van der Waals surface area contributed by atoms with Crippen molar-refractivity contribution in [1.82, 2.24) is 42.4 Å². The molecule has 17 rings (SSSR count). The van der Waals surface area contributed by atoms with E-state index in [0.717, 1.165) is 73.8 Å². The molecule has 13 aromatic rings. The van der Waals surface area contributed by atoms with Crippen LogP contribution in [0.1, 0.15) is 99.4 Å². The van der Waals surface area contributed by atoms with E-state index in [9.17, 15) is 43.2 Å². The number of fused-ring (bicyclic) bond motifs is 6. The van der Waals surface area contributed by atoms with Gasteiger partial charge in [-0.05, 0) is 168 Å². The van der Waals surface area contributed by atoms with Crippen LogP contribution in [0.2, 0.25) is 25.1 Å². The van der Waals surface area contributed by atoms with E-state index in [2.05, 4.69) is 41.9 Å². The highest BCUT2D eigenvalue weighted by molar-refractivity contribution is 6.81. The molecule has 9 aromatic heterocycles. The third-order valence-corrected chi connectivity index (χ3v) is 21.4. The maximum atomic E-state index is 12.8. The summed E-state index contributed by atoms with van der Waals surface area (Å²) in [6.07, 6.45) is 18.8. The van der Waals surface area contributed by atoms with Gasteiger partial charge in [0.2, 0.25) is 3.79 Å². The Morgan fingerprint density at radius 1 is 0.517 bits per heavy atom. The number of methoxy groups -OCH3 is 1. The molecular weight excluding hydrogens is 1750 g/mol. The van der Waals surface area contributed by atoms with E-state index in [1.807, 2.05) is 145 Å². The molecule has 0 atom stereocenters. The van der Waals surface area contributed by atoms with E-state index < -0.39 is 26.0 Å². The van der Waals surface area contributed by atoms with E-state index in [-0.39, 0.29) is 58.0 Å². The van der Waals surface area contributed by atoms with E-state index in [1.54, 1.807) is 84.1 Å². The van der Waals surface area contributed by atoms with Crippen LogP contribution in [0.3, 0.4) is 0 Å². The standard InChI is InChI=1S/C18H16ClN3O2.C17H14ClN3O3.C16H14ClN3O2.C11H12N2O.C6H6ClNO2.C5H4Cl5N.C5H4ClNO2.C5H9N/c1-12(23)11-21-6-4-13-10-14(2-3-16(13)21)22-9-8-20-7-5-15(19)17(20)18(22)24;18-13-4-6-19-7-8-21(17(24)16(13)19)12-1-2-14-11(9-12)3-5-20(14)10-15(22)23;1-10(21)9-20-7-5-11-8-12(2-3-14(11)20)19-16(22)15-13(17)4-6-18-15;1-8(14)7-13-5-4-9-6-10(12)2-3-11(9)13;1-10-6(9)5-4(7)2-3-8-5;6-4(7)1-2-11-3(4)5(8,9)10;6-3-1-2-7-4(3)5(8)9;1-5-3-2-4-6-5/h2-7,10H,8-9,11H2,1H3;1-6,9H,7-8,10H2,(H,22,23);2-8,18H,9H2,1H3,(H,19,22);2-6H,7,12H2,1H3;2-3,8H,1H3;1-2H2;1-2,7H,(H,8,9);2-4H2,1H3. The molecule has 0 unspecified atom stereocenters. The first kappa shape index (κ1) is 91.6. The summed E-state index contributed by atoms with van der Waals surface area (Å²) in [5, 5.41) is 26.0. The van der Waals surface area contributed by atoms with Gasteiger partial charge in [-0.2, -0.15) is 0 Å². The van der Waals surface area contributed by atoms with Gasteiger partial charge in [0.05, 0.1) is 57.6 Å². The Hall–Kier alpha value is -10.7. The number of amides is 3. The number of aliphatic imine (C=N–C) groups is 2. The number of H-pyrrole nitrogens is 3. The van der Waals surface area contributed by atoms with Crippen molar-refractivity contribution in [3.05, 3.63) is 237 Å². The fourth-order valence-corrected chi connectivity index (χ4v) is 15.7. The highest BCUT2D eigenvalue weighted by Crippen LogP contribution is 2.43. The lowest BCUT2D eigenvalue weighted by atomic mass is 10.2. The van der Waals surface area contributed by atoms with Gasteiger partial charge in [0.15, 0.2) is 4.33 Å². The van der Waals surface area contributed by atoms with Crippen LogP contribution in [0.15, 0.2) is 193 Å². The van der Waals surface area contributed by atoms with Crippen molar-refractivity contribution >= 4 is 247 Å². The van der Waals surface area contributed by atoms with Gasteiger partial charge in [0.1, 0.15) is 52.4 Å². The highest BCUT2D eigenvalue weighted by atomic mass is 35.6. The molecule has 0 bridgehead atoms. The Labute approximate surface area is 736 Å². The number of aliphatic carboxylic acids is 1. The van der Waals surface area contributed by atoms with Crippen LogP contribution in [0.4, 0.5) is 22.7 Å². The van der Waals surface area contributed by atoms with Crippen molar-refractivity contribution in [2.24, 2.45) is 9.98 Å². The summed E-state index contributed by atoms with van der Waals surface area (Å²) in [5.41, 5.74) is 15.8. The van der Waals surface area contributed by atoms with E-state index in [0.29, 0.717) is 101 Å². The zero-order chi connectivity index (χ0) is 87.0. The Balaban J connectivity index is 0.000000149. The minimum atomic E-state index is -1.58. The number of nitrogen functional groups attached to an aromatic ring is 1. The van der Waals surface area contributed by atoms with Crippen molar-refractivity contribution in [2.45, 2.75) is 94.4 Å². The number of ether oxygens (including phenoxy) is 1. The molecule has 120 heavy (non-hydrogen) atoms. The summed E-state index contributed by atoms with van der Waals surface area (Å²) in [5.74, 6) is -2.52. The Bertz CT molecular complexity index is 5870. The van der Waals surface area contributed by atoms with Gasteiger partial charge in [0, 0.05) is 174 Å². The summed E-state index contributed by atoms with van der Waals surface area (Å²) >= 11 is 57.5. The van der Waals surface area contributed by atoms with Crippen LogP contribution in [0, 0.1) is 0 Å². The average molecular weight is 1830 g/mol. The van der Waals surface area contributed by atoms with E-state index in [4.69, 9.17) is 132 Å². The number of aromatic nitrogens is 9. The summed E-state index contributed by atoms with van der Waals surface area (Å²) in [4.78, 5) is 122. The van der Waals surface area contributed by atoms with Gasteiger partial charge in [-0.1, -0.05) is 116 Å². The second-order valence-electron chi connectivity index (χ2n) is 27.4. The smallest absolute Gasteiger partial charge is 0.356 e. The molecule has 0 radical (unpaired) electrons. The number of hydrogen-bond donors (Lipinski definition) is 7. The number of halogens is 10. The number of esters is 1. The number of carboxylic acid groups (broad SMARTS) is 2. The summed E-state index contributed by atoms with van der Waals surface area (Å²) in [6, 6.07) is 38.6. The van der Waals surface area contributed by atoms with Crippen molar-refractivity contribution in [1.29, 1.82) is 0 Å². The van der Waals surface area contributed by atoms with E-state index >= 15 is 0 Å². The second kappa shape index (κ2) is 41.0. The number of aromatic amines is 3. The summed E-state index contributed by atoms with van der Waals surface area (Å²) in [7, 11) is 1.31. The molecule has 0 saturated carbocycles.